The fraction of sp³-hybridized carbons (Fsp3) is 0.346. The van der Waals surface area contributed by atoms with Crippen LogP contribution in [0.5, 0.6) is 0 Å². The number of nitrogens with one attached hydrogen (secondary N) is 1. The summed E-state index contributed by atoms with van der Waals surface area (Å²) in [5.41, 5.74) is 1.08. The third-order valence-corrected chi connectivity index (χ3v) is 6.80. The van der Waals surface area contributed by atoms with E-state index in [-0.39, 0.29) is 35.0 Å². The minimum absolute atomic E-state index is 0.00533. The second-order valence-electron chi connectivity index (χ2n) is 9.16. The minimum atomic E-state index is -0.412. The minimum Gasteiger partial charge on any atom is -0.350 e. The van der Waals surface area contributed by atoms with Crippen molar-refractivity contribution >= 4 is 40.1 Å². The average molecular weight is 510 g/mol. The van der Waals surface area contributed by atoms with Gasteiger partial charge in [-0.15, -0.1) is 10.2 Å². The number of hydrogen-bond acceptors (Lipinski definition) is 6. The van der Waals surface area contributed by atoms with Gasteiger partial charge in [0.25, 0.3) is 11.5 Å². The van der Waals surface area contributed by atoms with Gasteiger partial charge in [0.1, 0.15) is 5.82 Å². The number of thioether (sulfide) groups is 1. The van der Waals surface area contributed by atoms with Crippen molar-refractivity contribution in [1.29, 1.82) is 0 Å². The first-order chi connectivity index (χ1) is 17.2. The lowest BCUT2D eigenvalue weighted by molar-refractivity contribution is 0.0938. The van der Waals surface area contributed by atoms with E-state index in [2.05, 4.69) is 15.5 Å². The second kappa shape index (κ2) is 10.6. The summed E-state index contributed by atoms with van der Waals surface area (Å²) in [5.74, 6) is -0.268. The summed E-state index contributed by atoms with van der Waals surface area (Å²) >= 11 is 1.17. The summed E-state index contributed by atoms with van der Waals surface area (Å²) in [6.07, 6.45) is 0.789. The van der Waals surface area contributed by atoms with Crippen molar-refractivity contribution in [2.45, 2.75) is 51.9 Å². The van der Waals surface area contributed by atoms with Crippen LogP contribution in [0.2, 0.25) is 0 Å². The zero-order valence-electron chi connectivity index (χ0n) is 20.6. The maximum absolute atomic E-state index is 13.4. The van der Waals surface area contributed by atoms with E-state index in [0.717, 1.165) is 6.42 Å². The first kappa shape index (κ1) is 25.6. The highest BCUT2D eigenvalue weighted by atomic mass is 32.2. The van der Waals surface area contributed by atoms with Gasteiger partial charge in [0.05, 0.1) is 16.7 Å². The van der Waals surface area contributed by atoms with E-state index in [1.54, 1.807) is 27.2 Å². The molecule has 2 heterocycles. The molecule has 1 amide bonds. The number of halogens is 1. The maximum atomic E-state index is 13.4. The highest BCUT2D eigenvalue weighted by Gasteiger charge is 2.20. The predicted octanol–water partition coefficient (Wildman–Crippen LogP) is 4.34. The molecule has 1 N–H and O–H groups in total. The van der Waals surface area contributed by atoms with Gasteiger partial charge in [-0.1, -0.05) is 32.5 Å². The van der Waals surface area contributed by atoms with Crippen LogP contribution in [0.3, 0.4) is 0 Å². The average Bonchev–Trinajstić information content (AvgIpc) is 3.29. The van der Waals surface area contributed by atoms with E-state index < -0.39 is 5.82 Å². The smallest absolute Gasteiger partial charge is 0.262 e. The molecule has 36 heavy (non-hydrogen) atoms. The molecule has 2 aromatic carbocycles. The Hall–Kier alpha value is -3.53. The number of hydrogen-bond donors (Lipinski definition) is 1. The summed E-state index contributed by atoms with van der Waals surface area (Å²) < 4.78 is 16.5. The molecule has 0 aliphatic carbocycles. The van der Waals surface area contributed by atoms with Gasteiger partial charge < -0.3 is 5.32 Å². The van der Waals surface area contributed by atoms with Gasteiger partial charge in [0, 0.05) is 23.7 Å². The number of Topliss-reactive ketones (excluding diaryl/α,β-unsaturated/α-hetero) is 1. The van der Waals surface area contributed by atoms with Crippen LogP contribution in [0.4, 0.5) is 4.39 Å². The van der Waals surface area contributed by atoms with E-state index in [4.69, 9.17) is 0 Å². The quantitative estimate of drug-likeness (QED) is 0.266. The van der Waals surface area contributed by atoms with Crippen molar-refractivity contribution in [3.8, 4) is 0 Å². The van der Waals surface area contributed by atoms with Crippen molar-refractivity contribution in [3.63, 3.8) is 0 Å². The Bertz CT molecular complexity index is 1490. The van der Waals surface area contributed by atoms with Crippen LogP contribution in [-0.4, -0.2) is 42.7 Å². The number of carbonyl (C=O) groups is 2. The Morgan fingerprint density at radius 1 is 1.06 bits per heavy atom. The van der Waals surface area contributed by atoms with Gasteiger partial charge in [-0.25, -0.2) is 4.39 Å². The van der Waals surface area contributed by atoms with Crippen LogP contribution in [0.15, 0.2) is 52.4 Å². The third-order valence-electron chi connectivity index (χ3n) is 5.87. The molecule has 0 saturated carbocycles. The normalized spacial score (nSPS) is 12.4. The molecule has 2 aromatic heterocycles. The van der Waals surface area contributed by atoms with Crippen LogP contribution in [0.1, 0.15) is 54.8 Å². The molecule has 0 fully saturated rings. The van der Waals surface area contributed by atoms with Crippen molar-refractivity contribution < 1.29 is 14.0 Å². The first-order valence-electron chi connectivity index (χ1n) is 11.8. The molecule has 4 aromatic rings. The van der Waals surface area contributed by atoms with Crippen LogP contribution < -0.4 is 10.9 Å². The molecular formula is C26H28FN5O3S. The van der Waals surface area contributed by atoms with E-state index in [9.17, 15) is 18.8 Å². The Morgan fingerprint density at radius 3 is 2.42 bits per heavy atom. The van der Waals surface area contributed by atoms with Crippen LogP contribution in [0.25, 0.3) is 16.7 Å². The fourth-order valence-electron chi connectivity index (χ4n) is 3.80. The fourth-order valence-corrected chi connectivity index (χ4v) is 4.64. The molecule has 8 nitrogen and oxygen atoms in total. The Balaban J connectivity index is 1.80. The molecular weight excluding hydrogens is 481 g/mol. The standard InChI is InChI=1S/C26H28FN5O3S/c1-5-16(4)28-23(34)18-8-11-20-21(12-18)32-25(31(24(20)35)13-15(2)3)29-30-26(32)36-14-22(33)17-6-9-19(27)10-7-17/h6-12,15-16H,5,13-14H2,1-4H3,(H,28,34)/t16-/m1/s1. The largest absolute Gasteiger partial charge is 0.350 e. The Labute approximate surface area is 211 Å². The predicted molar refractivity (Wildman–Crippen MR) is 138 cm³/mol. The van der Waals surface area contributed by atoms with E-state index in [1.807, 2.05) is 27.7 Å². The monoisotopic (exact) mass is 509 g/mol. The molecule has 0 saturated heterocycles. The lowest BCUT2D eigenvalue weighted by Gasteiger charge is -2.15. The number of amides is 1. The zero-order chi connectivity index (χ0) is 26.0. The Kier molecular flexibility index (Phi) is 7.53. The first-order valence-corrected chi connectivity index (χ1v) is 12.8. The topological polar surface area (TPSA) is 98.4 Å². The molecule has 1 atom stereocenters. The number of ketones is 1. The number of nitrogens with zero attached hydrogens (tertiary/aromatic N) is 4. The maximum Gasteiger partial charge on any atom is 0.262 e. The van der Waals surface area contributed by atoms with Crippen LogP contribution in [0, 0.1) is 11.7 Å². The van der Waals surface area contributed by atoms with Gasteiger partial charge in [0.15, 0.2) is 10.9 Å². The van der Waals surface area contributed by atoms with Crippen LogP contribution >= 0.6 is 11.8 Å². The van der Waals surface area contributed by atoms with Gasteiger partial charge in [-0.2, -0.15) is 0 Å². The van der Waals surface area contributed by atoms with Crippen molar-refractivity contribution in [3.05, 3.63) is 69.8 Å². The van der Waals surface area contributed by atoms with Crippen LogP contribution in [-0.2, 0) is 6.54 Å². The molecule has 0 spiro atoms. The highest BCUT2D eigenvalue weighted by molar-refractivity contribution is 7.99. The Morgan fingerprint density at radius 2 is 1.75 bits per heavy atom. The number of aromatic nitrogens is 4. The summed E-state index contributed by atoms with van der Waals surface area (Å²) in [4.78, 5) is 38.8. The van der Waals surface area contributed by atoms with E-state index in [0.29, 0.717) is 39.5 Å². The molecule has 10 heteroatoms. The molecule has 0 bridgehead atoms. The van der Waals surface area contributed by atoms with Gasteiger partial charge in [-0.05, 0) is 61.7 Å². The summed E-state index contributed by atoms with van der Waals surface area (Å²) in [7, 11) is 0. The SMILES string of the molecule is CC[C@@H](C)NC(=O)c1ccc2c(=O)n(CC(C)C)c3nnc(SCC(=O)c4ccc(F)cc4)n3c2c1. The third kappa shape index (κ3) is 5.18. The van der Waals surface area contributed by atoms with Gasteiger partial charge in [-0.3, -0.25) is 23.4 Å². The summed E-state index contributed by atoms with van der Waals surface area (Å²) in [6.45, 7) is 8.35. The van der Waals surface area contributed by atoms with Gasteiger partial charge in [0.2, 0.25) is 5.78 Å². The van der Waals surface area contributed by atoms with E-state index in [1.165, 1.54) is 36.0 Å². The van der Waals surface area contributed by atoms with Crippen molar-refractivity contribution in [1.82, 2.24) is 24.5 Å². The molecule has 0 aliphatic rings. The highest BCUT2D eigenvalue weighted by Crippen LogP contribution is 2.24. The molecule has 0 radical (unpaired) electrons. The van der Waals surface area contributed by atoms with E-state index >= 15 is 0 Å². The number of fused-ring (bicyclic) bond motifs is 3. The van der Waals surface area contributed by atoms with Crippen molar-refractivity contribution in [2.24, 2.45) is 5.92 Å². The lowest BCUT2D eigenvalue weighted by Crippen LogP contribution is -2.32. The molecule has 0 aliphatic heterocycles. The lowest BCUT2D eigenvalue weighted by atomic mass is 10.1. The molecule has 4 rings (SSSR count). The summed E-state index contributed by atoms with van der Waals surface area (Å²) in [5, 5.41) is 12.3. The second-order valence-corrected chi connectivity index (χ2v) is 10.1. The molecule has 188 valence electrons. The van der Waals surface area contributed by atoms with Gasteiger partial charge >= 0.3 is 0 Å². The number of carbonyl (C=O) groups excluding carboxylic acids is 2. The zero-order valence-corrected chi connectivity index (χ0v) is 21.4. The number of benzene rings is 2. The van der Waals surface area contributed by atoms with Crippen molar-refractivity contribution in [2.75, 3.05) is 5.75 Å². The summed E-state index contributed by atoms with van der Waals surface area (Å²) in [6, 6.07) is 10.3. The number of rotatable bonds is 9. The molecule has 0 unspecified atom stereocenters.